The molecular weight excluding hydrogens is 426 g/mol. The molecular formula is C23H29N5O5. The van der Waals surface area contributed by atoms with Crippen LogP contribution in [-0.2, 0) is 9.53 Å². The predicted molar refractivity (Wildman–Crippen MR) is 123 cm³/mol. The number of aromatic nitrogens is 3. The van der Waals surface area contributed by atoms with Crippen LogP contribution in [0.4, 0.5) is 10.5 Å². The van der Waals surface area contributed by atoms with Gasteiger partial charge in [-0.15, -0.1) is 0 Å². The average Bonchev–Trinajstić information content (AvgIpc) is 3.11. The second kappa shape index (κ2) is 8.86. The van der Waals surface area contributed by atoms with E-state index in [0.717, 1.165) is 5.69 Å². The van der Waals surface area contributed by atoms with E-state index in [9.17, 15) is 14.4 Å². The van der Waals surface area contributed by atoms with Crippen LogP contribution in [0, 0.1) is 0 Å². The monoisotopic (exact) mass is 455 g/mol. The van der Waals surface area contributed by atoms with Crippen LogP contribution in [0.15, 0.2) is 29.1 Å². The van der Waals surface area contributed by atoms with Gasteiger partial charge in [-0.3, -0.25) is 9.59 Å². The molecule has 0 bridgehead atoms. The second-order valence-corrected chi connectivity index (χ2v) is 9.28. The lowest BCUT2D eigenvalue weighted by Gasteiger charge is -2.33. The number of ether oxygens (including phenoxy) is 1. The first kappa shape index (κ1) is 22.8. The Balaban J connectivity index is 1.65. The summed E-state index contributed by atoms with van der Waals surface area (Å²) >= 11 is 0. The number of amides is 2. The Bertz CT molecular complexity index is 1250. The van der Waals surface area contributed by atoms with Crippen molar-refractivity contribution in [2.45, 2.75) is 51.6 Å². The summed E-state index contributed by atoms with van der Waals surface area (Å²) in [6.45, 7) is 6.32. The highest BCUT2D eigenvalue weighted by atomic mass is 16.6. The fraction of sp³-hybridized carbons (Fsp3) is 0.478. The highest BCUT2D eigenvalue weighted by Gasteiger charge is 2.29. The molecule has 0 aliphatic carbocycles. The number of carbonyl (C=O) groups excluding carboxylic acids is 2. The number of nitrogens with one attached hydrogen (secondary N) is 2. The van der Waals surface area contributed by atoms with Crippen molar-refractivity contribution in [2.24, 2.45) is 0 Å². The largest absolute Gasteiger partial charge is 0.444 e. The zero-order chi connectivity index (χ0) is 23.8. The Morgan fingerprint density at radius 3 is 2.67 bits per heavy atom. The number of likely N-dealkylation sites (tertiary alicyclic amines) is 1. The van der Waals surface area contributed by atoms with Crippen LogP contribution in [0.1, 0.15) is 51.6 Å². The van der Waals surface area contributed by atoms with Crippen molar-refractivity contribution in [3.8, 4) is 0 Å². The molecule has 10 nitrogen and oxygen atoms in total. The average molecular weight is 456 g/mol. The molecule has 176 valence electrons. The lowest BCUT2D eigenvalue weighted by atomic mass is 9.93. The van der Waals surface area contributed by atoms with E-state index in [0.29, 0.717) is 48.2 Å². The molecule has 0 atom stereocenters. The summed E-state index contributed by atoms with van der Waals surface area (Å²) in [7, 11) is 0. The number of fused-ring (bicyclic) bond motifs is 3. The summed E-state index contributed by atoms with van der Waals surface area (Å²) < 4.78 is 7.20. The zero-order valence-electron chi connectivity index (χ0n) is 19.1. The number of aromatic amines is 1. The molecule has 33 heavy (non-hydrogen) atoms. The molecule has 2 amide bonds. The smallest absolute Gasteiger partial charge is 0.410 e. The molecule has 3 heterocycles. The Morgan fingerprint density at radius 1 is 1.27 bits per heavy atom. The summed E-state index contributed by atoms with van der Waals surface area (Å²) in [6, 6.07) is 6.89. The number of H-pyrrole nitrogens is 1. The van der Waals surface area contributed by atoms with E-state index in [-0.39, 0.29) is 36.5 Å². The lowest BCUT2D eigenvalue weighted by molar-refractivity contribution is -0.116. The summed E-state index contributed by atoms with van der Waals surface area (Å²) in [5, 5.41) is 17.1. The van der Waals surface area contributed by atoms with Gasteiger partial charge in [0.1, 0.15) is 11.2 Å². The predicted octanol–water partition coefficient (Wildman–Crippen LogP) is 2.61. The summed E-state index contributed by atoms with van der Waals surface area (Å²) in [5.41, 5.74) is 1.61. The fourth-order valence-corrected chi connectivity index (χ4v) is 4.18. The first-order valence-corrected chi connectivity index (χ1v) is 11.1. The third kappa shape index (κ3) is 4.85. The Morgan fingerprint density at radius 2 is 2.00 bits per heavy atom. The third-order valence-electron chi connectivity index (χ3n) is 5.64. The van der Waals surface area contributed by atoms with Gasteiger partial charge in [0.05, 0.1) is 35.3 Å². The summed E-state index contributed by atoms with van der Waals surface area (Å²) in [4.78, 5) is 41.5. The number of nitrogens with zero attached hydrogens (tertiary/aromatic N) is 3. The van der Waals surface area contributed by atoms with Gasteiger partial charge in [-0.05, 0) is 45.7 Å². The molecule has 4 rings (SSSR count). The molecule has 1 aliphatic rings. The molecule has 1 aromatic carbocycles. The molecule has 0 saturated carbocycles. The topological polar surface area (TPSA) is 129 Å². The Hall–Kier alpha value is -3.40. The van der Waals surface area contributed by atoms with Gasteiger partial charge in [-0.2, -0.15) is 5.10 Å². The van der Waals surface area contributed by atoms with Crippen molar-refractivity contribution in [3.05, 3.63) is 40.3 Å². The molecule has 3 aromatic rings. The van der Waals surface area contributed by atoms with Gasteiger partial charge in [-0.25, -0.2) is 9.31 Å². The van der Waals surface area contributed by atoms with Gasteiger partial charge in [0.2, 0.25) is 5.91 Å². The fourth-order valence-electron chi connectivity index (χ4n) is 4.18. The summed E-state index contributed by atoms with van der Waals surface area (Å²) in [6.07, 6.45) is 1.00. The number of anilines is 1. The van der Waals surface area contributed by atoms with Crippen LogP contribution in [0.5, 0.6) is 0 Å². The van der Waals surface area contributed by atoms with Gasteiger partial charge < -0.3 is 25.0 Å². The SMILES string of the molecule is CC(C)(C)OC(=O)N1CCC(c2cc(=O)[nH]c3c4c(NC(=O)CCO)cccc4nn23)CC1. The number of piperidine rings is 1. The van der Waals surface area contributed by atoms with Crippen molar-refractivity contribution in [2.75, 3.05) is 25.0 Å². The van der Waals surface area contributed by atoms with Gasteiger partial charge in [0.15, 0.2) is 0 Å². The minimum atomic E-state index is -0.549. The third-order valence-corrected chi connectivity index (χ3v) is 5.64. The van der Waals surface area contributed by atoms with Gasteiger partial charge in [0, 0.05) is 25.1 Å². The van der Waals surface area contributed by atoms with Crippen LogP contribution >= 0.6 is 0 Å². The van der Waals surface area contributed by atoms with Crippen molar-refractivity contribution >= 4 is 34.2 Å². The van der Waals surface area contributed by atoms with E-state index in [1.54, 1.807) is 27.6 Å². The Kier molecular flexibility index (Phi) is 6.11. The first-order chi connectivity index (χ1) is 15.7. The van der Waals surface area contributed by atoms with Crippen LogP contribution in [0.25, 0.3) is 16.6 Å². The van der Waals surface area contributed by atoms with E-state index in [4.69, 9.17) is 9.84 Å². The maximum Gasteiger partial charge on any atom is 0.410 e. The van der Waals surface area contributed by atoms with E-state index in [1.807, 2.05) is 26.8 Å². The second-order valence-electron chi connectivity index (χ2n) is 9.28. The standard InChI is InChI=1S/C23H29N5O5/c1-23(2,3)33-22(32)27-10-7-14(8-11-27)17-13-19(31)25-21-20-15(24-18(30)9-12-29)5-4-6-16(20)26-28(17)21/h4-6,13-14,29H,7-12H2,1-3H3,(H,24,30)(H,25,31). The number of benzene rings is 1. The van der Waals surface area contributed by atoms with E-state index in [1.165, 1.54) is 0 Å². The number of hydrogen-bond donors (Lipinski definition) is 3. The normalized spacial score (nSPS) is 15.2. The van der Waals surface area contributed by atoms with Crippen molar-refractivity contribution in [1.29, 1.82) is 0 Å². The molecule has 1 aliphatic heterocycles. The molecule has 1 saturated heterocycles. The maximum absolute atomic E-state index is 12.6. The number of aliphatic hydroxyl groups excluding tert-OH is 1. The minimum Gasteiger partial charge on any atom is -0.444 e. The molecule has 0 radical (unpaired) electrons. The molecule has 1 fully saturated rings. The van der Waals surface area contributed by atoms with E-state index in [2.05, 4.69) is 15.4 Å². The minimum absolute atomic E-state index is 0.0202. The van der Waals surface area contributed by atoms with Crippen molar-refractivity contribution in [1.82, 2.24) is 19.5 Å². The molecule has 2 aromatic heterocycles. The summed E-state index contributed by atoms with van der Waals surface area (Å²) in [5.74, 6) is -0.285. The zero-order valence-corrected chi connectivity index (χ0v) is 19.1. The van der Waals surface area contributed by atoms with Gasteiger partial charge >= 0.3 is 6.09 Å². The van der Waals surface area contributed by atoms with Crippen LogP contribution in [0.3, 0.4) is 0 Å². The lowest BCUT2D eigenvalue weighted by Crippen LogP contribution is -2.41. The number of aliphatic hydroxyl groups is 1. The van der Waals surface area contributed by atoms with Crippen molar-refractivity contribution < 1.29 is 19.4 Å². The quantitative estimate of drug-likeness (QED) is 0.555. The van der Waals surface area contributed by atoms with Gasteiger partial charge in [-0.1, -0.05) is 6.07 Å². The van der Waals surface area contributed by atoms with Crippen LogP contribution < -0.4 is 10.9 Å². The highest BCUT2D eigenvalue weighted by Crippen LogP contribution is 2.32. The molecule has 10 heteroatoms. The molecule has 0 unspecified atom stereocenters. The first-order valence-electron chi connectivity index (χ1n) is 11.1. The number of rotatable bonds is 4. The van der Waals surface area contributed by atoms with Crippen molar-refractivity contribution in [3.63, 3.8) is 0 Å². The van der Waals surface area contributed by atoms with Crippen LogP contribution in [0.2, 0.25) is 0 Å². The van der Waals surface area contributed by atoms with E-state index >= 15 is 0 Å². The molecule has 3 N–H and O–H groups in total. The van der Waals surface area contributed by atoms with Gasteiger partial charge in [0.25, 0.3) is 5.56 Å². The number of hydrogen-bond acceptors (Lipinski definition) is 6. The highest BCUT2D eigenvalue weighted by molar-refractivity contribution is 6.07. The van der Waals surface area contributed by atoms with Crippen LogP contribution in [-0.4, -0.2) is 61.9 Å². The Labute approximate surface area is 190 Å². The van der Waals surface area contributed by atoms with E-state index < -0.39 is 5.60 Å². The maximum atomic E-state index is 12.6. The number of carbonyl (C=O) groups is 2. The molecule has 0 spiro atoms.